The fourth-order valence-corrected chi connectivity index (χ4v) is 1.95. The van der Waals surface area contributed by atoms with Crippen LogP contribution >= 0.6 is 0 Å². The lowest BCUT2D eigenvalue weighted by Gasteiger charge is -2.26. The summed E-state index contributed by atoms with van der Waals surface area (Å²) in [6.07, 6.45) is 1.76. The molecule has 0 aromatic carbocycles. The summed E-state index contributed by atoms with van der Waals surface area (Å²) in [6.45, 7) is 12.6. The Morgan fingerprint density at radius 2 is 2.05 bits per heavy atom. The average Bonchev–Trinajstić information content (AvgIpc) is 2.76. The van der Waals surface area contributed by atoms with E-state index in [9.17, 15) is 0 Å². The molecule has 0 spiro atoms. The van der Waals surface area contributed by atoms with Gasteiger partial charge in [-0.15, -0.1) is 0 Å². The second-order valence-electron chi connectivity index (χ2n) is 5.45. The fraction of sp³-hybridized carbons (Fsp3) is 0.786. The molecular formula is C14H27N3O2. The number of aromatic nitrogens is 2. The zero-order valence-corrected chi connectivity index (χ0v) is 13.0. The second kappa shape index (κ2) is 6.91. The number of aryl methyl sites for hydroxylation is 1. The van der Waals surface area contributed by atoms with Gasteiger partial charge in [0.2, 0.25) is 0 Å². The molecule has 0 saturated heterocycles. The van der Waals surface area contributed by atoms with Crippen molar-refractivity contribution in [2.24, 2.45) is 0 Å². The molecule has 1 heterocycles. The number of hydrogen-bond donors (Lipinski definition) is 1. The summed E-state index contributed by atoms with van der Waals surface area (Å²) in [5.41, 5.74) is 0.897. The Morgan fingerprint density at radius 1 is 1.37 bits per heavy atom. The third-order valence-electron chi connectivity index (χ3n) is 2.83. The number of nitrogens with zero attached hydrogens (tertiary/aromatic N) is 2. The van der Waals surface area contributed by atoms with Gasteiger partial charge in [0.1, 0.15) is 0 Å². The Balaban J connectivity index is 2.94. The normalized spacial score (nSPS) is 13.6. The van der Waals surface area contributed by atoms with Crippen LogP contribution in [0.3, 0.4) is 0 Å². The van der Waals surface area contributed by atoms with Gasteiger partial charge in [0, 0.05) is 6.54 Å². The smallest absolute Gasteiger partial charge is 0.161 e. The van der Waals surface area contributed by atoms with Gasteiger partial charge in [0.25, 0.3) is 0 Å². The molecular weight excluding hydrogens is 242 g/mol. The molecule has 1 N–H and O–H groups in total. The van der Waals surface area contributed by atoms with Crippen molar-refractivity contribution in [3.63, 3.8) is 0 Å². The van der Waals surface area contributed by atoms with E-state index in [0.717, 1.165) is 24.5 Å². The summed E-state index contributed by atoms with van der Waals surface area (Å²) in [6, 6.07) is 0.0848. The minimum absolute atomic E-state index is 0.0848. The standard InChI is InChI=1S/C14H27N3O2/c1-7-15-11(10-19-14(3,4)5)13-12(18-6)9-16-17(13)8-2/h9,11,15H,7-8,10H2,1-6H3. The molecule has 0 aliphatic heterocycles. The molecule has 0 bridgehead atoms. The SMILES string of the molecule is CCNC(COC(C)(C)C)c1c(OC)cnn1CC. The van der Waals surface area contributed by atoms with Crippen LogP contribution in [0.4, 0.5) is 0 Å². The third kappa shape index (κ3) is 4.51. The van der Waals surface area contributed by atoms with Crippen LogP contribution in [0.25, 0.3) is 0 Å². The summed E-state index contributed by atoms with van der Waals surface area (Å²) in [5, 5.41) is 7.79. The fourth-order valence-electron chi connectivity index (χ4n) is 1.95. The molecule has 0 amide bonds. The molecule has 1 rings (SSSR count). The van der Waals surface area contributed by atoms with Crippen molar-refractivity contribution in [3.05, 3.63) is 11.9 Å². The summed E-state index contributed by atoms with van der Waals surface area (Å²) < 4.78 is 13.3. The first-order valence-corrected chi connectivity index (χ1v) is 6.90. The molecule has 0 aliphatic carbocycles. The van der Waals surface area contributed by atoms with Gasteiger partial charge in [-0.25, -0.2) is 0 Å². The zero-order chi connectivity index (χ0) is 14.5. The zero-order valence-electron chi connectivity index (χ0n) is 13.0. The second-order valence-corrected chi connectivity index (χ2v) is 5.45. The average molecular weight is 269 g/mol. The molecule has 110 valence electrons. The van der Waals surface area contributed by atoms with Crippen LogP contribution in [0, 0.1) is 0 Å². The van der Waals surface area contributed by atoms with Gasteiger partial charge in [-0.05, 0) is 34.2 Å². The molecule has 1 unspecified atom stereocenters. The van der Waals surface area contributed by atoms with Gasteiger partial charge in [0.05, 0.1) is 37.3 Å². The topological polar surface area (TPSA) is 48.3 Å². The first-order valence-electron chi connectivity index (χ1n) is 6.90. The third-order valence-corrected chi connectivity index (χ3v) is 2.83. The van der Waals surface area contributed by atoms with Crippen molar-refractivity contribution >= 4 is 0 Å². The monoisotopic (exact) mass is 269 g/mol. The summed E-state index contributed by atoms with van der Waals surface area (Å²) in [7, 11) is 1.67. The highest BCUT2D eigenvalue weighted by atomic mass is 16.5. The van der Waals surface area contributed by atoms with Crippen molar-refractivity contribution < 1.29 is 9.47 Å². The van der Waals surface area contributed by atoms with Crippen LogP contribution in [0.5, 0.6) is 5.75 Å². The van der Waals surface area contributed by atoms with E-state index in [1.807, 2.05) is 4.68 Å². The van der Waals surface area contributed by atoms with Crippen molar-refractivity contribution in [3.8, 4) is 5.75 Å². The van der Waals surface area contributed by atoms with Crippen molar-refractivity contribution in [2.75, 3.05) is 20.3 Å². The maximum absolute atomic E-state index is 5.91. The first-order chi connectivity index (χ1) is 8.92. The van der Waals surface area contributed by atoms with Gasteiger partial charge < -0.3 is 14.8 Å². The van der Waals surface area contributed by atoms with E-state index < -0.39 is 0 Å². The molecule has 0 radical (unpaired) electrons. The van der Waals surface area contributed by atoms with Gasteiger partial charge >= 0.3 is 0 Å². The Kier molecular flexibility index (Phi) is 5.82. The lowest BCUT2D eigenvalue weighted by atomic mass is 10.1. The van der Waals surface area contributed by atoms with Crippen LogP contribution in [0.15, 0.2) is 6.20 Å². The lowest BCUT2D eigenvalue weighted by molar-refractivity contribution is -0.0158. The molecule has 0 fully saturated rings. The number of rotatable bonds is 7. The van der Waals surface area contributed by atoms with E-state index in [2.05, 4.69) is 45.0 Å². The summed E-state index contributed by atoms with van der Waals surface area (Å²) >= 11 is 0. The quantitative estimate of drug-likeness (QED) is 0.825. The highest BCUT2D eigenvalue weighted by molar-refractivity contribution is 5.28. The number of nitrogens with one attached hydrogen (secondary N) is 1. The van der Waals surface area contributed by atoms with Crippen LogP contribution < -0.4 is 10.1 Å². The lowest BCUT2D eigenvalue weighted by Crippen LogP contribution is -2.32. The summed E-state index contributed by atoms with van der Waals surface area (Å²) in [4.78, 5) is 0. The number of hydrogen-bond acceptors (Lipinski definition) is 4. The van der Waals surface area contributed by atoms with Gasteiger partial charge in [-0.2, -0.15) is 5.10 Å². The number of likely N-dealkylation sites (N-methyl/N-ethyl adjacent to an activating group) is 1. The van der Waals surface area contributed by atoms with Gasteiger partial charge in [-0.1, -0.05) is 6.92 Å². The van der Waals surface area contributed by atoms with Crippen molar-refractivity contribution in [1.82, 2.24) is 15.1 Å². The Labute approximate surface area is 116 Å². The minimum Gasteiger partial charge on any atom is -0.493 e. The maximum atomic E-state index is 5.91. The van der Waals surface area contributed by atoms with Crippen LogP contribution in [-0.4, -0.2) is 35.6 Å². The predicted molar refractivity (Wildman–Crippen MR) is 76.6 cm³/mol. The number of methoxy groups -OCH3 is 1. The van der Waals surface area contributed by atoms with E-state index in [4.69, 9.17) is 9.47 Å². The van der Waals surface area contributed by atoms with E-state index in [0.29, 0.717) is 6.61 Å². The van der Waals surface area contributed by atoms with Crippen molar-refractivity contribution in [2.45, 2.75) is 52.8 Å². The van der Waals surface area contributed by atoms with Crippen LogP contribution in [0.2, 0.25) is 0 Å². The molecule has 5 heteroatoms. The molecule has 1 atom stereocenters. The summed E-state index contributed by atoms with van der Waals surface area (Å²) in [5.74, 6) is 0.810. The molecule has 19 heavy (non-hydrogen) atoms. The first kappa shape index (κ1) is 16.0. The Bertz CT molecular complexity index is 361. The molecule has 0 aliphatic rings. The minimum atomic E-state index is -0.155. The van der Waals surface area contributed by atoms with Crippen LogP contribution in [0.1, 0.15) is 46.4 Å². The molecule has 1 aromatic heterocycles. The molecule has 0 saturated carbocycles. The van der Waals surface area contributed by atoms with Crippen LogP contribution in [-0.2, 0) is 11.3 Å². The maximum Gasteiger partial charge on any atom is 0.161 e. The van der Waals surface area contributed by atoms with E-state index >= 15 is 0 Å². The Hall–Kier alpha value is -1.07. The largest absolute Gasteiger partial charge is 0.493 e. The van der Waals surface area contributed by atoms with E-state index in [-0.39, 0.29) is 11.6 Å². The van der Waals surface area contributed by atoms with E-state index in [1.165, 1.54) is 0 Å². The Morgan fingerprint density at radius 3 is 2.53 bits per heavy atom. The highest BCUT2D eigenvalue weighted by Crippen LogP contribution is 2.26. The van der Waals surface area contributed by atoms with Crippen molar-refractivity contribution in [1.29, 1.82) is 0 Å². The highest BCUT2D eigenvalue weighted by Gasteiger charge is 2.23. The molecule has 5 nitrogen and oxygen atoms in total. The van der Waals surface area contributed by atoms with E-state index in [1.54, 1.807) is 13.3 Å². The van der Waals surface area contributed by atoms with Gasteiger partial charge in [0.15, 0.2) is 5.75 Å². The number of ether oxygens (including phenoxy) is 2. The van der Waals surface area contributed by atoms with Gasteiger partial charge in [-0.3, -0.25) is 4.68 Å². The molecule has 1 aromatic rings. The predicted octanol–water partition coefficient (Wildman–Crippen LogP) is 2.38.